The Morgan fingerprint density at radius 1 is 1.44 bits per heavy atom. The summed E-state index contributed by atoms with van der Waals surface area (Å²) in [5.41, 5.74) is 7.19. The lowest BCUT2D eigenvalue weighted by atomic mass is 9.84. The van der Waals surface area contributed by atoms with E-state index in [4.69, 9.17) is 17.3 Å². The number of hydrogen-bond donors (Lipinski definition) is 2. The summed E-state index contributed by atoms with van der Waals surface area (Å²) >= 11 is 5.82. The van der Waals surface area contributed by atoms with Gasteiger partial charge in [0.2, 0.25) is 0 Å². The van der Waals surface area contributed by atoms with Crippen molar-refractivity contribution in [2.24, 2.45) is 11.7 Å². The minimum absolute atomic E-state index is 0.00797. The van der Waals surface area contributed by atoms with Gasteiger partial charge in [-0.3, -0.25) is 4.79 Å². The fourth-order valence-corrected chi connectivity index (χ4v) is 3.49. The molecule has 0 saturated heterocycles. The van der Waals surface area contributed by atoms with Crippen molar-refractivity contribution in [3.63, 3.8) is 0 Å². The molecule has 2 unspecified atom stereocenters. The van der Waals surface area contributed by atoms with E-state index in [1.807, 2.05) is 0 Å². The molecule has 8 heteroatoms. The van der Waals surface area contributed by atoms with E-state index >= 15 is 0 Å². The van der Waals surface area contributed by atoms with Crippen molar-refractivity contribution in [3.8, 4) is 5.69 Å². The fourth-order valence-electron chi connectivity index (χ4n) is 3.32. The Morgan fingerprint density at radius 2 is 2.20 bits per heavy atom. The molecule has 3 rings (SSSR count). The second-order valence-electron chi connectivity index (χ2n) is 6.39. The van der Waals surface area contributed by atoms with E-state index in [9.17, 15) is 9.18 Å². The molecule has 3 N–H and O–H groups in total. The van der Waals surface area contributed by atoms with Crippen LogP contribution in [0.25, 0.3) is 5.69 Å². The maximum Gasteiger partial charge on any atom is 0.273 e. The van der Waals surface area contributed by atoms with Gasteiger partial charge in [-0.2, -0.15) is 0 Å². The van der Waals surface area contributed by atoms with Crippen LogP contribution in [0.4, 0.5) is 4.39 Å². The van der Waals surface area contributed by atoms with Gasteiger partial charge in [0.05, 0.1) is 16.4 Å². The van der Waals surface area contributed by atoms with Crippen LogP contribution in [0.1, 0.15) is 41.9 Å². The normalized spacial score (nSPS) is 20.5. The highest BCUT2D eigenvalue weighted by Crippen LogP contribution is 2.24. The average molecular weight is 366 g/mol. The number of carbonyl (C=O) groups excluding carboxylic acids is 1. The second kappa shape index (κ2) is 7.49. The van der Waals surface area contributed by atoms with E-state index in [1.165, 1.54) is 22.9 Å². The molecule has 1 heterocycles. The lowest BCUT2D eigenvalue weighted by Crippen LogP contribution is -2.45. The van der Waals surface area contributed by atoms with Gasteiger partial charge in [-0.25, -0.2) is 9.07 Å². The van der Waals surface area contributed by atoms with E-state index in [0.717, 1.165) is 25.7 Å². The summed E-state index contributed by atoms with van der Waals surface area (Å²) in [6.45, 7) is 2.30. The summed E-state index contributed by atoms with van der Waals surface area (Å²) in [4.78, 5) is 12.6. The molecule has 6 nitrogen and oxygen atoms in total. The highest BCUT2D eigenvalue weighted by atomic mass is 35.5. The van der Waals surface area contributed by atoms with Crippen molar-refractivity contribution >= 4 is 17.5 Å². The van der Waals surface area contributed by atoms with Crippen LogP contribution in [-0.2, 0) is 0 Å². The number of nitrogens with one attached hydrogen (secondary N) is 1. The van der Waals surface area contributed by atoms with Gasteiger partial charge in [-0.15, -0.1) is 5.10 Å². The molecule has 1 saturated carbocycles. The van der Waals surface area contributed by atoms with E-state index in [1.54, 1.807) is 6.92 Å². The van der Waals surface area contributed by atoms with Crippen molar-refractivity contribution < 1.29 is 9.18 Å². The van der Waals surface area contributed by atoms with Crippen molar-refractivity contribution in [2.45, 2.75) is 38.6 Å². The third-order valence-electron chi connectivity index (χ3n) is 4.79. The first-order valence-corrected chi connectivity index (χ1v) is 8.77. The summed E-state index contributed by atoms with van der Waals surface area (Å²) in [5, 5.41) is 11.0. The summed E-state index contributed by atoms with van der Waals surface area (Å²) in [6.07, 6.45) is 4.19. The van der Waals surface area contributed by atoms with Gasteiger partial charge in [-0.1, -0.05) is 29.7 Å². The van der Waals surface area contributed by atoms with Gasteiger partial charge >= 0.3 is 0 Å². The molecule has 1 amide bonds. The highest BCUT2D eigenvalue weighted by molar-refractivity contribution is 6.30. The standard InChI is InChI=1S/C17H21ClFN5O/c1-10-16(17(25)21-15-5-3-2-4-11(15)9-20)22-23-24(10)12-6-7-14(19)13(18)8-12/h6-8,11,15H,2-5,9,20H2,1H3,(H,21,25). The smallest absolute Gasteiger partial charge is 0.273 e. The molecule has 25 heavy (non-hydrogen) atoms. The first kappa shape index (κ1) is 17.8. The predicted molar refractivity (Wildman–Crippen MR) is 93.3 cm³/mol. The second-order valence-corrected chi connectivity index (χ2v) is 6.80. The predicted octanol–water partition coefficient (Wildman–Crippen LogP) is 2.62. The SMILES string of the molecule is Cc1c(C(=O)NC2CCCCC2CN)nnn1-c1ccc(F)c(Cl)c1. The van der Waals surface area contributed by atoms with E-state index in [2.05, 4.69) is 15.6 Å². The number of rotatable bonds is 4. The zero-order valence-corrected chi connectivity index (χ0v) is 14.8. The number of carbonyl (C=O) groups is 1. The first-order valence-electron chi connectivity index (χ1n) is 8.40. The first-order chi connectivity index (χ1) is 12.0. The molecule has 1 aliphatic carbocycles. The number of hydrogen-bond acceptors (Lipinski definition) is 4. The molecule has 1 aromatic heterocycles. The van der Waals surface area contributed by atoms with Crippen LogP contribution in [0.5, 0.6) is 0 Å². The van der Waals surface area contributed by atoms with Crippen LogP contribution in [0, 0.1) is 18.7 Å². The molecular weight excluding hydrogens is 345 g/mol. The minimum atomic E-state index is -0.508. The molecule has 0 spiro atoms. The molecule has 0 aliphatic heterocycles. The third kappa shape index (κ3) is 3.67. The molecule has 1 aromatic carbocycles. The third-order valence-corrected chi connectivity index (χ3v) is 5.08. The van der Waals surface area contributed by atoms with Gasteiger partial charge in [0.25, 0.3) is 5.91 Å². The average Bonchev–Trinajstić information content (AvgIpc) is 2.99. The summed E-state index contributed by atoms with van der Waals surface area (Å²) < 4.78 is 14.8. The van der Waals surface area contributed by atoms with Crippen molar-refractivity contribution in [1.29, 1.82) is 0 Å². The Bertz CT molecular complexity index is 778. The quantitative estimate of drug-likeness (QED) is 0.872. The largest absolute Gasteiger partial charge is 0.348 e. The highest BCUT2D eigenvalue weighted by Gasteiger charge is 2.27. The van der Waals surface area contributed by atoms with Crippen LogP contribution in [0.2, 0.25) is 5.02 Å². The topological polar surface area (TPSA) is 85.8 Å². The number of amides is 1. The van der Waals surface area contributed by atoms with E-state index in [0.29, 0.717) is 23.8 Å². The van der Waals surface area contributed by atoms with Crippen LogP contribution >= 0.6 is 11.6 Å². The van der Waals surface area contributed by atoms with E-state index < -0.39 is 5.82 Å². The monoisotopic (exact) mass is 365 g/mol. The maximum atomic E-state index is 13.3. The Hall–Kier alpha value is -1.99. The number of aromatic nitrogens is 3. The van der Waals surface area contributed by atoms with Crippen LogP contribution in [0.3, 0.4) is 0 Å². The Morgan fingerprint density at radius 3 is 2.92 bits per heavy atom. The number of halogens is 2. The summed E-state index contributed by atoms with van der Waals surface area (Å²) in [6, 6.07) is 4.31. The lowest BCUT2D eigenvalue weighted by molar-refractivity contribution is 0.0902. The van der Waals surface area contributed by atoms with Crippen LogP contribution < -0.4 is 11.1 Å². The fraction of sp³-hybridized carbons (Fsp3) is 0.471. The zero-order chi connectivity index (χ0) is 18.0. The van der Waals surface area contributed by atoms with Gasteiger partial charge in [-0.05, 0) is 50.4 Å². The van der Waals surface area contributed by atoms with Crippen LogP contribution in [-0.4, -0.2) is 33.5 Å². The molecule has 2 atom stereocenters. The molecule has 1 fully saturated rings. The number of nitrogens with two attached hydrogens (primary N) is 1. The molecule has 0 bridgehead atoms. The summed E-state index contributed by atoms with van der Waals surface area (Å²) in [7, 11) is 0. The Kier molecular flexibility index (Phi) is 5.34. The minimum Gasteiger partial charge on any atom is -0.348 e. The van der Waals surface area contributed by atoms with E-state index in [-0.39, 0.29) is 22.7 Å². The lowest BCUT2D eigenvalue weighted by Gasteiger charge is -2.31. The number of nitrogens with zero attached hydrogens (tertiary/aromatic N) is 3. The van der Waals surface area contributed by atoms with Gasteiger partial charge < -0.3 is 11.1 Å². The molecular formula is C17H21ClFN5O. The van der Waals surface area contributed by atoms with Crippen LogP contribution in [0.15, 0.2) is 18.2 Å². The van der Waals surface area contributed by atoms with Gasteiger partial charge in [0, 0.05) is 6.04 Å². The zero-order valence-electron chi connectivity index (χ0n) is 14.0. The van der Waals surface area contributed by atoms with Crippen molar-refractivity contribution in [2.75, 3.05) is 6.54 Å². The maximum absolute atomic E-state index is 13.3. The number of benzene rings is 1. The van der Waals surface area contributed by atoms with Crippen molar-refractivity contribution in [1.82, 2.24) is 20.3 Å². The molecule has 134 valence electrons. The Labute approximate surface area is 150 Å². The van der Waals surface area contributed by atoms with Gasteiger partial charge in [0.15, 0.2) is 5.69 Å². The van der Waals surface area contributed by atoms with Crippen molar-refractivity contribution in [3.05, 3.63) is 40.4 Å². The Balaban J connectivity index is 1.80. The molecule has 1 aliphatic rings. The summed E-state index contributed by atoms with van der Waals surface area (Å²) in [5.74, 6) is -0.474. The van der Waals surface area contributed by atoms with Gasteiger partial charge in [0.1, 0.15) is 5.82 Å². The molecule has 2 aromatic rings. The molecule has 0 radical (unpaired) electrons.